The summed E-state index contributed by atoms with van der Waals surface area (Å²) in [4.78, 5) is 24.2. The minimum absolute atomic E-state index is 0.0634. The third-order valence-corrected chi connectivity index (χ3v) is 2.65. The Bertz CT molecular complexity index is 292. The van der Waals surface area contributed by atoms with E-state index in [1.807, 2.05) is 13.8 Å². The lowest BCUT2D eigenvalue weighted by Gasteiger charge is -2.32. The first-order chi connectivity index (χ1) is 8.52. The fraction of sp³-hybridized carbons (Fsp3) is 0.833. The summed E-state index contributed by atoms with van der Waals surface area (Å²) in [7, 11) is 0. The number of carboxylic acids is 1. The third-order valence-electron chi connectivity index (χ3n) is 2.65. The third kappa shape index (κ3) is 4.62. The van der Waals surface area contributed by atoms with Crippen LogP contribution >= 0.6 is 0 Å². The first-order valence-electron chi connectivity index (χ1n) is 6.20. The number of aliphatic carboxylic acids is 1. The molecule has 0 spiro atoms. The number of morpholine rings is 1. The summed E-state index contributed by atoms with van der Waals surface area (Å²) < 4.78 is 10.4. The zero-order valence-electron chi connectivity index (χ0n) is 10.9. The second-order valence-corrected chi connectivity index (χ2v) is 4.73. The van der Waals surface area contributed by atoms with Crippen molar-refractivity contribution in [3.63, 3.8) is 0 Å². The van der Waals surface area contributed by atoms with Gasteiger partial charge in [0.1, 0.15) is 0 Å². The Morgan fingerprint density at radius 3 is 2.83 bits per heavy atom. The van der Waals surface area contributed by atoms with Crippen LogP contribution in [-0.4, -0.2) is 60.9 Å². The van der Waals surface area contributed by atoms with Crippen LogP contribution < -0.4 is 0 Å². The zero-order valence-corrected chi connectivity index (χ0v) is 10.9. The molecule has 0 saturated carbocycles. The molecule has 0 bridgehead atoms. The van der Waals surface area contributed by atoms with E-state index in [9.17, 15) is 9.59 Å². The molecule has 1 aliphatic heterocycles. The van der Waals surface area contributed by atoms with Gasteiger partial charge in [-0.3, -0.25) is 4.79 Å². The quantitative estimate of drug-likeness (QED) is 0.697. The highest BCUT2D eigenvalue weighted by Crippen LogP contribution is 2.09. The highest BCUT2D eigenvalue weighted by Gasteiger charge is 2.32. The molecule has 1 fully saturated rings. The van der Waals surface area contributed by atoms with Crippen molar-refractivity contribution in [2.45, 2.75) is 26.3 Å². The van der Waals surface area contributed by atoms with E-state index >= 15 is 0 Å². The summed E-state index contributed by atoms with van der Waals surface area (Å²) in [6.45, 7) is 5.80. The van der Waals surface area contributed by atoms with Gasteiger partial charge >= 0.3 is 5.97 Å². The van der Waals surface area contributed by atoms with Gasteiger partial charge in [-0.05, 0) is 5.92 Å². The van der Waals surface area contributed by atoms with Crippen LogP contribution in [0.5, 0.6) is 0 Å². The topological polar surface area (TPSA) is 76.1 Å². The number of amides is 1. The van der Waals surface area contributed by atoms with Crippen LogP contribution in [0.4, 0.5) is 0 Å². The van der Waals surface area contributed by atoms with Gasteiger partial charge in [0, 0.05) is 13.2 Å². The number of rotatable bonds is 6. The molecular weight excluding hydrogens is 238 g/mol. The molecule has 6 nitrogen and oxygen atoms in total. The molecule has 1 atom stereocenters. The van der Waals surface area contributed by atoms with Gasteiger partial charge in [0.05, 0.1) is 26.2 Å². The number of carbonyl (C=O) groups is 2. The normalized spacial score (nSPS) is 20.2. The van der Waals surface area contributed by atoms with Crippen LogP contribution in [0.25, 0.3) is 0 Å². The van der Waals surface area contributed by atoms with Gasteiger partial charge in [0.25, 0.3) is 0 Å². The molecule has 18 heavy (non-hydrogen) atoms. The van der Waals surface area contributed by atoms with Crippen molar-refractivity contribution >= 4 is 11.9 Å². The van der Waals surface area contributed by atoms with E-state index in [2.05, 4.69) is 0 Å². The lowest BCUT2D eigenvalue weighted by Crippen LogP contribution is -2.52. The average molecular weight is 259 g/mol. The molecule has 1 aliphatic rings. The summed E-state index contributed by atoms with van der Waals surface area (Å²) in [5.41, 5.74) is 0. The van der Waals surface area contributed by atoms with Gasteiger partial charge < -0.3 is 19.5 Å². The van der Waals surface area contributed by atoms with Crippen molar-refractivity contribution in [2.75, 3.05) is 33.0 Å². The number of carbonyl (C=O) groups excluding carboxylic acids is 1. The summed E-state index contributed by atoms with van der Waals surface area (Å²) >= 11 is 0. The van der Waals surface area contributed by atoms with E-state index in [1.165, 1.54) is 4.90 Å². The van der Waals surface area contributed by atoms with Gasteiger partial charge in [0.2, 0.25) is 5.91 Å². The predicted octanol–water partition coefficient (Wildman–Crippen LogP) is 0.361. The zero-order chi connectivity index (χ0) is 13.5. The maximum Gasteiger partial charge on any atom is 0.328 e. The van der Waals surface area contributed by atoms with Crippen molar-refractivity contribution in [3.8, 4) is 0 Å². The molecule has 104 valence electrons. The SMILES string of the molecule is CC(C)COCCC(=O)N1CCOCC1C(=O)O. The highest BCUT2D eigenvalue weighted by atomic mass is 16.5. The number of ether oxygens (including phenoxy) is 2. The second-order valence-electron chi connectivity index (χ2n) is 4.73. The van der Waals surface area contributed by atoms with E-state index in [0.717, 1.165) is 0 Å². The molecule has 0 radical (unpaired) electrons. The van der Waals surface area contributed by atoms with Crippen molar-refractivity contribution in [2.24, 2.45) is 5.92 Å². The minimum Gasteiger partial charge on any atom is -0.480 e. The Balaban J connectivity index is 2.36. The fourth-order valence-electron chi connectivity index (χ4n) is 1.73. The van der Waals surface area contributed by atoms with E-state index < -0.39 is 12.0 Å². The van der Waals surface area contributed by atoms with Gasteiger partial charge in [-0.15, -0.1) is 0 Å². The minimum atomic E-state index is -1.02. The summed E-state index contributed by atoms with van der Waals surface area (Å²) in [6.07, 6.45) is 0.219. The Morgan fingerprint density at radius 2 is 2.22 bits per heavy atom. The molecule has 1 N–H and O–H groups in total. The van der Waals surface area contributed by atoms with Gasteiger partial charge in [-0.1, -0.05) is 13.8 Å². The van der Waals surface area contributed by atoms with Crippen molar-refractivity contribution < 1.29 is 24.2 Å². The van der Waals surface area contributed by atoms with Crippen LogP contribution in [0.15, 0.2) is 0 Å². The molecule has 0 aromatic rings. The predicted molar refractivity (Wildman–Crippen MR) is 64.2 cm³/mol. The molecule has 1 heterocycles. The Kier molecular flexibility index (Phi) is 6.07. The van der Waals surface area contributed by atoms with Gasteiger partial charge in [-0.2, -0.15) is 0 Å². The molecule has 1 amide bonds. The van der Waals surface area contributed by atoms with Crippen LogP contribution in [0, 0.1) is 5.92 Å². The molecule has 1 saturated heterocycles. The first-order valence-corrected chi connectivity index (χ1v) is 6.20. The fourth-order valence-corrected chi connectivity index (χ4v) is 1.73. The maximum atomic E-state index is 11.9. The smallest absolute Gasteiger partial charge is 0.328 e. The number of hydrogen-bond acceptors (Lipinski definition) is 4. The monoisotopic (exact) mass is 259 g/mol. The number of nitrogens with zero attached hydrogens (tertiary/aromatic N) is 1. The average Bonchev–Trinajstić information content (AvgIpc) is 2.34. The molecule has 0 aromatic carbocycles. The molecule has 0 aliphatic carbocycles. The summed E-state index contributed by atoms with van der Waals surface area (Å²) in [5, 5.41) is 9.00. The van der Waals surface area contributed by atoms with Crippen molar-refractivity contribution in [3.05, 3.63) is 0 Å². The van der Waals surface area contributed by atoms with Crippen LogP contribution in [0.1, 0.15) is 20.3 Å². The van der Waals surface area contributed by atoms with E-state index in [-0.39, 0.29) is 18.9 Å². The molecule has 1 unspecified atom stereocenters. The van der Waals surface area contributed by atoms with E-state index in [0.29, 0.717) is 32.3 Å². The van der Waals surface area contributed by atoms with Crippen LogP contribution in [0.3, 0.4) is 0 Å². The van der Waals surface area contributed by atoms with Crippen LogP contribution in [0.2, 0.25) is 0 Å². The second kappa shape index (κ2) is 7.33. The Hall–Kier alpha value is -1.14. The first kappa shape index (κ1) is 14.9. The van der Waals surface area contributed by atoms with Gasteiger partial charge in [-0.25, -0.2) is 4.79 Å². The lowest BCUT2D eigenvalue weighted by molar-refractivity contribution is -0.158. The molecular formula is C12H21NO5. The largest absolute Gasteiger partial charge is 0.480 e. The van der Waals surface area contributed by atoms with Crippen molar-refractivity contribution in [1.29, 1.82) is 0 Å². The number of hydrogen-bond donors (Lipinski definition) is 1. The Morgan fingerprint density at radius 1 is 1.50 bits per heavy atom. The molecule has 6 heteroatoms. The Labute approximate surface area is 107 Å². The van der Waals surface area contributed by atoms with Crippen LogP contribution in [-0.2, 0) is 19.1 Å². The molecule has 1 rings (SSSR count). The van der Waals surface area contributed by atoms with E-state index in [1.54, 1.807) is 0 Å². The standard InChI is InChI=1S/C12H21NO5/c1-9(2)7-17-5-3-11(14)13-4-6-18-8-10(13)12(15)16/h9-10H,3-8H2,1-2H3,(H,15,16). The molecule has 0 aromatic heterocycles. The van der Waals surface area contributed by atoms with E-state index in [4.69, 9.17) is 14.6 Å². The summed E-state index contributed by atoms with van der Waals surface area (Å²) in [5.74, 6) is -0.782. The number of carboxylic acid groups (broad SMARTS) is 1. The maximum absolute atomic E-state index is 11.9. The van der Waals surface area contributed by atoms with Gasteiger partial charge in [0.15, 0.2) is 6.04 Å². The van der Waals surface area contributed by atoms with Crippen molar-refractivity contribution in [1.82, 2.24) is 4.90 Å². The highest BCUT2D eigenvalue weighted by molar-refractivity contribution is 5.84. The summed E-state index contributed by atoms with van der Waals surface area (Å²) in [6, 6.07) is -0.864. The lowest BCUT2D eigenvalue weighted by atomic mass is 10.2.